The number of benzene rings is 1. The molecule has 0 aliphatic carbocycles. The Balaban J connectivity index is 2.08. The van der Waals surface area contributed by atoms with Crippen molar-refractivity contribution >= 4 is 44.5 Å². The molecule has 33 heavy (non-hydrogen) atoms. The number of thiazole rings is 1. The summed E-state index contributed by atoms with van der Waals surface area (Å²) < 4.78 is 1.12. The molecule has 0 aliphatic rings. The second-order valence-electron chi connectivity index (χ2n) is 9.62. The van der Waals surface area contributed by atoms with Crippen LogP contribution in [0.1, 0.15) is 61.5 Å². The summed E-state index contributed by atoms with van der Waals surface area (Å²) in [6.07, 6.45) is 0. The fraction of sp³-hybridized carbons (Fsp3) is 0.500. The molecule has 0 bridgehead atoms. The first kappa shape index (κ1) is 25.7. The maximum absolute atomic E-state index is 13.2. The molecule has 178 valence electrons. The molecule has 1 aromatic carbocycles. The molecule has 0 saturated carbocycles. The Kier molecular flexibility index (Phi) is 8.22. The number of carbonyl (C=O) groups excluding carboxylic acids is 2. The zero-order valence-corrected chi connectivity index (χ0v) is 22.5. The lowest BCUT2D eigenvalue weighted by Gasteiger charge is -2.29. The number of rotatable bonds is 10. The van der Waals surface area contributed by atoms with Crippen LogP contribution in [0.4, 0.5) is 0 Å². The summed E-state index contributed by atoms with van der Waals surface area (Å²) in [5.74, 6) is 0.279. The second kappa shape index (κ2) is 10.6. The van der Waals surface area contributed by atoms with Crippen molar-refractivity contribution in [3.63, 3.8) is 0 Å². The van der Waals surface area contributed by atoms with Crippen LogP contribution in [0.15, 0.2) is 29.0 Å². The van der Waals surface area contributed by atoms with Crippen molar-refractivity contribution in [1.29, 1.82) is 0 Å². The van der Waals surface area contributed by atoms with Crippen LogP contribution in [0.25, 0.3) is 10.2 Å². The van der Waals surface area contributed by atoms with Gasteiger partial charge >= 0.3 is 0 Å². The highest BCUT2D eigenvalue weighted by atomic mass is 32.1. The Morgan fingerprint density at radius 2 is 1.61 bits per heavy atom. The van der Waals surface area contributed by atoms with Crippen LogP contribution in [-0.4, -0.2) is 47.5 Å². The summed E-state index contributed by atoms with van der Waals surface area (Å²) in [6.45, 7) is 10.4. The molecule has 0 N–H and O–H groups in total. The SMILES string of the molecule is Cc1nc2cc(C(C(=O)C(C)C)N(C)C)cc(CN(C)C(C(=O)C(C)C)c3ccsc3)c2s1. The monoisotopic (exact) mass is 485 g/mol. The molecule has 0 spiro atoms. The first-order chi connectivity index (χ1) is 15.5. The van der Waals surface area contributed by atoms with Gasteiger partial charge in [0.2, 0.25) is 0 Å². The van der Waals surface area contributed by atoms with Crippen molar-refractivity contribution < 1.29 is 9.59 Å². The molecular weight excluding hydrogens is 450 g/mol. The van der Waals surface area contributed by atoms with E-state index in [2.05, 4.69) is 22.4 Å². The highest BCUT2D eigenvalue weighted by Crippen LogP contribution is 2.34. The van der Waals surface area contributed by atoms with Crippen molar-refractivity contribution in [1.82, 2.24) is 14.8 Å². The van der Waals surface area contributed by atoms with Crippen LogP contribution in [-0.2, 0) is 16.1 Å². The zero-order valence-electron chi connectivity index (χ0n) is 20.9. The van der Waals surface area contributed by atoms with Gasteiger partial charge in [-0.1, -0.05) is 33.8 Å². The van der Waals surface area contributed by atoms with Gasteiger partial charge in [0.1, 0.15) is 0 Å². The Morgan fingerprint density at radius 3 is 2.15 bits per heavy atom. The van der Waals surface area contributed by atoms with E-state index in [1.807, 2.05) is 72.1 Å². The van der Waals surface area contributed by atoms with Gasteiger partial charge in [-0.2, -0.15) is 11.3 Å². The number of hydrogen-bond acceptors (Lipinski definition) is 7. The third kappa shape index (κ3) is 5.60. The minimum Gasteiger partial charge on any atom is -0.297 e. The molecule has 7 heteroatoms. The lowest BCUT2D eigenvalue weighted by molar-refractivity contribution is -0.127. The van der Waals surface area contributed by atoms with Gasteiger partial charge in [0.15, 0.2) is 11.6 Å². The van der Waals surface area contributed by atoms with Gasteiger partial charge in [-0.3, -0.25) is 19.4 Å². The number of fused-ring (bicyclic) bond motifs is 1. The molecule has 0 radical (unpaired) electrons. The molecule has 0 saturated heterocycles. The number of hydrogen-bond donors (Lipinski definition) is 0. The average Bonchev–Trinajstić information content (AvgIpc) is 3.37. The summed E-state index contributed by atoms with van der Waals surface area (Å²) >= 11 is 3.28. The molecule has 3 aromatic rings. The Labute approximate surface area is 205 Å². The number of carbonyl (C=O) groups is 2. The molecule has 0 fully saturated rings. The van der Waals surface area contributed by atoms with Crippen molar-refractivity contribution in [3.8, 4) is 0 Å². The van der Waals surface area contributed by atoms with E-state index in [1.165, 1.54) is 0 Å². The van der Waals surface area contributed by atoms with Crippen molar-refractivity contribution in [3.05, 3.63) is 50.7 Å². The molecule has 5 nitrogen and oxygen atoms in total. The standard InChI is InChI=1S/C26H35N3O2S2/c1-15(2)24(30)22(28(6)7)19-11-20(26-21(12-19)27-17(5)33-26)13-29(8)23(25(31)16(3)4)18-9-10-32-14-18/h9-12,14-16,22-23H,13H2,1-8H3. The van der Waals surface area contributed by atoms with Crippen LogP contribution in [0.5, 0.6) is 0 Å². The molecule has 2 unspecified atom stereocenters. The van der Waals surface area contributed by atoms with E-state index in [-0.39, 0.29) is 35.5 Å². The van der Waals surface area contributed by atoms with Crippen molar-refractivity contribution in [2.75, 3.05) is 21.1 Å². The summed E-state index contributed by atoms with van der Waals surface area (Å²) in [6, 6.07) is 5.61. The minimum atomic E-state index is -0.328. The molecule has 3 rings (SSSR count). The molecule has 0 amide bonds. The number of ketones is 2. The molecule has 0 aliphatic heterocycles. The van der Waals surface area contributed by atoms with Gasteiger partial charge in [0.05, 0.1) is 27.3 Å². The second-order valence-corrected chi connectivity index (χ2v) is 11.6. The van der Waals surface area contributed by atoms with Crippen LogP contribution in [0, 0.1) is 18.8 Å². The Morgan fingerprint density at radius 1 is 0.970 bits per heavy atom. The number of Topliss-reactive ketones (excluding diaryl/α,β-unsaturated/α-hetero) is 2. The summed E-state index contributed by atoms with van der Waals surface area (Å²) in [5.41, 5.74) is 4.03. The average molecular weight is 486 g/mol. The van der Waals surface area contributed by atoms with E-state index < -0.39 is 0 Å². The van der Waals surface area contributed by atoms with E-state index in [1.54, 1.807) is 22.7 Å². The minimum absolute atomic E-state index is 0.0591. The number of likely N-dealkylation sites (N-methyl/N-ethyl adjacent to an activating group) is 2. The van der Waals surface area contributed by atoms with Crippen molar-refractivity contribution in [2.24, 2.45) is 11.8 Å². The maximum atomic E-state index is 13.2. The maximum Gasteiger partial charge on any atom is 0.157 e. The highest BCUT2D eigenvalue weighted by Gasteiger charge is 2.30. The fourth-order valence-electron chi connectivity index (χ4n) is 4.29. The highest BCUT2D eigenvalue weighted by molar-refractivity contribution is 7.18. The van der Waals surface area contributed by atoms with Gasteiger partial charge < -0.3 is 0 Å². The number of nitrogens with zero attached hydrogens (tertiary/aromatic N) is 3. The molecule has 2 atom stereocenters. The summed E-state index contributed by atoms with van der Waals surface area (Å²) in [4.78, 5) is 35.1. The van der Waals surface area contributed by atoms with Crippen LogP contribution in [0.2, 0.25) is 0 Å². The fourth-order valence-corrected chi connectivity index (χ4v) is 5.87. The third-order valence-corrected chi connectivity index (χ3v) is 7.69. The largest absolute Gasteiger partial charge is 0.297 e. The predicted molar refractivity (Wildman–Crippen MR) is 139 cm³/mol. The smallest absolute Gasteiger partial charge is 0.157 e. The van der Waals surface area contributed by atoms with Crippen LogP contribution < -0.4 is 0 Å². The third-order valence-electron chi connectivity index (χ3n) is 5.92. The number of aryl methyl sites for hydroxylation is 1. The van der Waals surface area contributed by atoms with Crippen molar-refractivity contribution in [2.45, 2.75) is 53.2 Å². The van der Waals surface area contributed by atoms with Gasteiger partial charge in [-0.15, -0.1) is 11.3 Å². The van der Waals surface area contributed by atoms with Gasteiger partial charge in [-0.05, 0) is 67.6 Å². The molecule has 2 aromatic heterocycles. The lowest BCUT2D eigenvalue weighted by Crippen LogP contribution is -2.33. The Hall–Kier alpha value is -1.93. The zero-order chi connectivity index (χ0) is 24.4. The number of aromatic nitrogens is 1. The van der Waals surface area contributed by atoms with Crippen LogP contribution in [0.3, 0.4) is 0 Å². The van der Waals surface area contributed by atoms with Gasteiger partial charge in [0, 0.05) is 18.4 Å². The van der Waals surface area contributed by atoms with Gasteiger partial charge in [0.25, 0.3) is 0 Å². The summed E-state index contributed by atoms with van der Waals surface area (Å²) in [5, 5.41) is 5.08. The first-order valence-corrected chi connectivity index (χ1v) is 13.1. The summed E-state index contributed by atoms with van der Waals surface area (Å²) in [7, 11) is 5.90. The Bertz CT molecular complexity index is 1120. The quantitative estimate of drug-likeness (QED) is 0.358. The van der Waals surface area contributed by atoms with E-state index in [9.17, 15) is 9.59 Å². The van der Waals surface area contributed by atoms with Crippen LogP contribution >= 0.6 is 22.7 Å². The van der Waals surface area contributed by atoms with E-state index >= 15 is 0 Å². The topological polar surface area (TPSA) is 53.5 Å². The first-order valence-electron chi connectivity index (χ1n) is 11.4. The normalized spacial score (nSPS) is 14.1. The van der Waals surface area contributed by atoms with E-state index in [0.29, 0.717) is 6.54 Å². The van der Waals surface area contributed by atoms with E-state index in [4.69, 9.17) is 4.98 Å². The molecule has 2 heterocycles. The lowest BCUT2D eigenvalue weighted by atomic mass is 9.92. The van der Waals surface area contributed by atoms with Gasteiger partial charge in [-0.25, -0.2) is 4.98 Å². The molecular formula is C26H35N3O2S2. The predicted octanol–water partition coefficient (Wildman–Crippen LogP) is 5.89. The number of thiophene rings is 1. The van der Waals surface area contributed by atoms with E-state index in [0.717, 1.165) is 31.9 Å².